The average molecular weight is 480 g/mol. The first-order chi connectivity index (χ1) is 16.2. The average Bonchev–Trinajstić information content (AvgIpc) is 3.44. The fraction of sp³-hybridized carbons (Fsp3) is 0.348. The predicted octanol–water partition coefficient (Wildman–Crippen LogP) is 3.40. The maximum atomic E-state index is 13.2. The number of carbonyl (C=O) groups is 1. The number of nitrogens with zero attached hydrogens (tertiary/aromatic N) is 6. The van der Waals surface area contributed by atoms with Crippen molar-refractivity contribution < 1.29 is 9.32 Å². The Morgan fingerprint density at radius 3 is 2.50 bits per heavy atom. The summed E-state index contributed by atoms with van der Waals surface area (Å²) in [5, 5.41) is 11.8. The third kappa shape index (κ3) is 4.38. The van der Waals surface area contributed by atoms with Crippen LogP contribution in [0, 0.1) is 26.7 Å². The highest BCUT2D eigenvalue weighted by Gasteiger charge is 2.28. The molecule has 0 aromatic carbocycles. The van der Waals surface area contributed by atoms with E-state index in [1.54, 1.807) is 38.5 Å². The minimum Gasteiger partial charge on any atom is -0.339 e. The van der Waals surface area contributed by atoms with E-state index in [4.69, 9.17) is 4.52 Å². The molecule has 0 aliphatic heterocycles. The smallest absolute Gasteiger partial charge is 0.277 e. The number of amides is 1. The van der Waals surface area contributed by atoms with E-state index in [2.05, 4.69) is 30.5 Å². The van der Waals surface area contributed by atoms with E-state index in [9.17, 15) is 9.59 Å². The predicted molar refractivity (Wildman–Crippen MR) is 127 cm³/mol. The zero-order valence-electron chi connectivity index (χ0n) is 19.8. The fourth-order valence-corrected chi connectivity index (χ4v) is 4.58. The van der Waals surface area contributed by atoms with Crippen LogP contribution in [0.4, 0.5) is 0 Å². The molecule has 176 valence electrons. The molecule has 0 fully saturated rings. The summed E-state index contributed by atoms with van der Waals surface area (Å²) in [7, 11) is 1.60. The van der Waals surface area contributed by atoms with Crippen molar-refractivity contribution in [2.45, 2.75) is 40.7 Å². The van der Waals surface area contributed by atoms with Crippen molar-refractivity contribution in [3.05, 3.63) is 62.6 Å². The van der Waals surface area contributed by atoms with E-state index in [1.165, 1.54) is 16.0 Å². The molecule has 10 nitrogen and oxygen atoms in total. The highest BCUT2D eigenvalue weighted by Crippen LogP contribution is 2.30. The van der Waals surface area contributed by atoms with Crippen LogP contribution in [0.1, 0.15) is 52.4 Å². The summed E-state index contributed by atoms with van der Waals surface area (Å²) >= 11 is 1.18. The number of carbonyl (C=O) groups excluding carboxylic acids is 1. The van der Waals surface area contributed by atoms with Gasteiger partial charge in [-0.15, -0.1) is 11.3 Å². The van der Waals surface area contributed by atoms with Gasteiger partial charge in [-0.2, -0.15) is 10.1 Å². The monoisotopic (exact) mass is 479 g/mol. The Hall–Kier alpha value is -3.73. The topological polar surface area (TPSA) is 129 Å². The van der Waals surface area contributed by atoms with Crippen molar-refractivity contribution in [1.82, 2.24) is 35.2 Å². The van der Waals surface area contributed by atoms with Crippen LogP contribution in [-0.4, -0.2) is 35.8 Å². The van der Waals surface area contributed by atoms with Crippen molar-refractivity contribution in [3.63, 3.8) is 0 Å². The van der Waals surface area contributed by atoms with Crippen LogP contribution in [0.3, 0.4) is 0 Å². The summed E-state index contributed by atoms with van der Waals surface area (Å²) in [6, 6.07) is 3.07. The molecule has 0 saturated heterocycles. The van der Waals surface area contributed by atoms with Gasteiger partial charge < -0.3 is 9.84 Å². The highest BCUT2D eigenvalue weighted by molar-refractivity contribution is 7.17. The van der Waals surface area contributed by atoms with Gasteiger partial charge in [0.15, 0.2) is 0 Å². The minimum absolute atomic E-state index is 0.0141. The zero-order chi connectivity index (χ0) is 24.6. The molecule has 4 aromatic heterocycles. The SMILES string of the molecule is Cc1nc(-c2c(C)c(C)nn(C)c2=O)sc1C(=O)NC(c1nc(-c2ccncc2)no1)C(C)C. The van der Waals surface area contributed by atoms with Gasteiger partial charge in [-0.1, -0.05) is 19.0 Å². The fourth-order valence-electron chi connectivity index (χ4n) is 3.51. The molecule has 0 aliphatic rings. The van der Waals surface area contributed by atoms with Crippen molar-refractivity contribution in [3.8, 4) is 22.0 Å². The molecule has 1 unspecified atom stereocenters. The summed E-state index contributed by atoms with van der Waals surface area (Å²) < 4.78 is 6.77. The van der Waals surface area contributed by atoms with E-state index in [1.807, 2.05) is 27.7 Å². The normalized spacial score (nSPS) is 12.2. The van der Waals surface area contributed by atoms with Gasteiger partial charge in [-0.3, -0.25) is 14.6 Å². The van der Waals surface area contributed by atoms with E-state index in [0.29, 0.717) is 32.9 Å². The Labute approximate surface area is 200 Å². The van der Waals surface area contributed by atoms with Crippen molar-refractivity contribution in [1.29, 1.82) is 0 Å². The second-order valence-electron chi connectivity index (χ2n) is 8.33. The van der Waals surface area contributed by atoms with Crippen molar-refractivity contribution in [2.75, 3.05) is 0 Å². The third-order valence-electron chi connectivity index (χ3n) is 5.54. The van der Waals surface area contributed by atoms with Crippen molar-refractivity contribution >= 4 is 17.2 Å². The molecule has 0 aliphatic carbocycles. The van der Waals surface area contributed by atoms with Gasteiger partial charge in [0.1, 0.15) is 15.9 Å². The highest BCUT2D eigenvalue weighted by atomic mass is 32.1. The molecule has 1 N–H and O–H groups in total. The number of nitrogens with one attached hydrogen (secondary N) is 1. The second kappa shape index (κ2) is 9.26. The molecule has 0 saturated carbocycles. The number of thiazole rings is 1. The van der Waals surface area contributed by atoms with Crippen LogP contribution in [-0.2, 0) is 7.05 Å². The molecule has 4 rings (SSSR count). The Morgan fingerprint density at radius 1 is 1.12 bits per heavy atom. The van der Waals surface area contributed by atoms with Crippen LogP contribution >= 0.6 is 11.3 Å². The molecule has 0 bridgehead atoms. The number of rotatable bonds is 6. The molecule has 1 amide bonds. The number of pyridine rings is 1. The third-order valence-corrected chi connectivity index (χ3v) is 6.72. The number of hydrogen-bond donors (Lipinski definition) is 1. The van der Waals surface area contributed by atoms with Crippen LogP contribution in [0.2, 0.25) is 0 Å². The standard InChI is InChI=1S/C23H25N7O3S/c1-11(2)17(21-27-19(29-33-21)15-7-9-24-10-8-15)26-20(31)18-14(5)25-22(34-18)16-12(3)13(4)28-30(6)23(16)32/h7-11,17H,1-6H3,(H,26,31). The molecular weight excluding hydrogens is 454 g/mol. The molecule has 0 spiro atoms. The second-order valence-corrected chi connectivity index (χ2v) is 9.33. The molecule has 4 heterocycles. The minimum atomic E-state index is -0.502. The molecular formula is C23H25N7O3S. The lowest BCUT2D eigenvalue weighted by Crippen LogP contribution is -2.32. The molecule has 11 heteroatoms. The van der Waals surface area contributed by atoms with E-state index in [0.717, 1.165) is 16.8 Å². The maximum absolute atomic E-state index is 13.2. The van der Waals surface area contributed by atoms with E-state index in [-0.39, 0.29) is 17.4 Å². The van der Waals surface area contributed by atoms with Gasteiger partial charge in [0.05, 0.1) is 17.0 Å². The van der Waals surface area contributed by atoms with Crippen LogP contribution in [0.15, 0.2) is 33.8 Å². The molecule has 0 radical (unpaired) electrons. The number of aryl methyl sites for hydroxylation is 3. The first-order valence-corrected chi connectivity index (χ1v) is 11.6. The lowest BCUT2D eigenvalue weighted by molar-refractivity contribution is 0.0917. The molecule has 1 atom stereocenters. The van der Waals surface area contributed by atoms with Crippen molar-refractivity contribution in [2.24, 2.45) is 13.0 Å². The van der Waals surface area contributed by atoms with Gasteiger partial charge in [0, 0.05) is 25.0 Å². The molecule has 4 aromatic rings. The van der Waals surface area contributed by atoms with Gasteiger partial charge >= 0.3 is 0 Å². The van der Waals surface area contributed by atoms with Crippen LogP contribution < -0.4 is 10.9 Å². The van der Waals surface area contributed by atoms with Gasteiger partial charge in [0.2, 0.25) is 11.7 Å². The summed E-state index contributed by atoms with van der Waals surface area (Å²) in [4.78, 5) is 39.4. The first-order valence-electron chi connectivity index (χ1n) is 10.7. The maximum Gasteiger partial charge on any atom is 0.277 e. The quantitative estimate of drug-likeness (QED) is 0.445. The first kappa shape index (κ1) is 23.4. The Kier molecular flexibility index (Phi) is 6.38. The lowest BCUT2D eigenvalue weighted by Gasteiger charge is -2.18. The Balaban J connectivity index is 1.63. The summed E-state index contributed by atoms with van der Waals surface area (Å²) in [5.74, 6) is 0.406. The van der Waals surface area contributed by atoms with Gasteiger partial charge in [-0.25, -0.2) is 9.67 Å². The lowest BCUT2D eigenvalue weighted by atomic mass is 10.0. The summed E-state index contributed by atoms with van der Waals surface area (Å²) in [5.41, 5.74) is 3.00. The molecule has 34 heavy (non-hydrogen) atoms. The number of aromatic nitrogens is 6. The van der Waals surface area contributed by atoms with Gasteiger partial charge in [-0.05, 0) is 44.4 Å². The zero-order valence-corrected chi connectivity index (χ0v) is 20.6. The van der Waals surface area contributed by atoms with Crippen LogP contribution in [0.5, 0.6) is 0 Å². The summed E-state index contributed by atoms with van der Waals surface area (Å²) in [6.45, 7) is 9.34. The Morgan fingerprint density at radius 2 is 1.82 bits per heavy atom. The van der Waals surface area contributed by atoms with E-state index < -0.39 is 6.04 Å². The Bertz CT molecular complexity index is 1410. The van der Waals surface area contributed by atoms with Gasteiger partial charge in [0.25, 0.3) is 11.5 Å². The largest absolute Gasteiger partial charge is 0.339 e. The van der Waals surface area contributed by atoms with Crippen LogP contribution in [0.25, 0.3) is 22.0 Å². The summed E-state index contributed by atoms with van der Waals surface area (Å²) in [6.07, 6.45) is 3.30. The number of hydrogen-bond acceptors (Lipinski definition) is 9. The van der Waals surface area contributed by atoms with E-state index >= 15 is 0 Å².